The summed E-state index contributed by atoms with van der Waals surface area (Å²) in [7, 11) is 0. The first-order valence-corrected chi connectivity index (χ1v) is 10.7. The first-order valence-electron chi connectivity index (χ1n) is 10.7. The lowest BCUT2D eigenvalue weighted by Crippen LogP contribution is -2.45. The van der Waals surface area contributed by atoms with Crippen LogP contribution in [0.3, 0.4) is 0 Å². The van der Waals surface area contributed by atoms with Gasteiger partial charge in [-0.25, -0.2) is 4.79 Å². The number of para-hydroxylation sites is 1. The van der Waals surface area contributed by atoms with Gasteiger partial charge in [0.25, 0.3) is 0 Å². The van der Waals surface area contributed by atoms with Crippen molar-refractivity contribution in [3.63, 3.8) is 0 Å². The molecule has 0 N–H and O–H groups in total. The van der Waals surface area contributed by atoms with Gasteiger partial charge >= 0.3 is 11.7 Å². The maximum absolute atomic E-state index is 14.2. The highest BCUT2D eigenvalue weighted by molar-refractivity contribution is 6.15. The van der Waals surface area contributed by atoms with Gasteiger partial charge in [0.15, 0.2) is 5.69 Å². The van der Waals surface area contributed by atoms with E-state index in [0.29, 0.717) is 11.3 Å². The van der Waals surface area contributed by atoms with Crippen LogP contribution >= 0.6 is 0 Å². The zero-order chi connectivity index (χ0) is 24.5. The van der Waals surface area contributed by atoms with Gasteiger partial charge in [0.2, 0.25) is 11.7 Å². The molecule has 1 unspecified atom stereocenters. The quantitative estimate of drug-likeness (QED) is 0.215. The fraction of sp³-hybridized carbons (Fsp3) is 0.240. The average molecular weight is 461 g/mol. The monoisotopic (exact) mass is 461 g/mol. The van der Waals surface area contributed by atoms with Gasteiger partial charge in [0.05, 0.1) is 23.6 Å². The van der Waals surface area contributed by atoms with E-state index in [4.69, 9.17) is 9.26 Å². The largest absolute Gasteiger partial charge is 0.463 e. The van der Waals surface area contributed by atoms with Crippen LogP contribution in [-0.4, -0.2) is 28.6 Å². The minimum atomic E-state index is -1.66. The van der Waals surface area contributed by atoms with Crippen LogP contribution in [0.4, 0.5) is 11.4 Å². The molecule has 2 aromatic carbocycles. The summed E-state index contributed by atoms with van der Waals surface area (Å²) in [6.07, 6.45) is -0.303. The van der Waals surface area contributed by atoms with Gasteiger partial charge < -0.3 is 14.2 Å². The smallest absolute Gasteiger partial charge is 0.334 e. The lowest BCUT2D eigenvalue weighted by molar-refractivity contribution is -0.386. The van der Waals surface area contributed by atoms with Crippen LogP contribution in [0, 0.1) is 17.0 Å². The molecule has 34 heavy (non-hydrogen) atoms. The van der Waals surface area contributed by atoms with E-state index in [0.717, 1.165) is 5.56 Å². The molecule has 3 aromatic rings. The van der Waals surface area contributed by atoms with Crippen molar-refractivity contribution in [2.24, 2.45) is 0 Å². The number of benzene rings is 2. The standard InChI is InChI=1S/C25H23N3O6/c1-4-33-23(29)16(2)25(14-21-22(28(31)32)17(3)26-34-21)19-12-8-9-13-20(19)27(24(25)30)15-18-10-6-5-7-11-18/h5-13H,2,4,14-15H2,1,3H3. The predicted octanol–water partition coefficient (Wildman–Crippen LogP) is 4.04. The van der Waals surface area contributed by atoms with Crippen LogP contribution in [0.1, 0.15) is 29.5 Å². The van der Waals surface area contributed by atoms with E-state index in [1.807, 2.05) is 30.3 Å². The Morgan fingerprint density at radius 3 is 2.56 bits per heavy atom. The molecule has 4 rings (SSSR count). The molecule has 0 aliphatic carbocycles. The van der Waals surface area contributed by atoms with E-state index in [1.165, 1.54) is 6.92 Å². The van der Waals surface area contributed by atoms with Crippen LogP contribution in [0.2, 0.25) is 0 Å². The van der Waals surface area contributed by atoms with Crippen molar-refractivity contribution in [2.75, 3.05) is 11.5 Å². The van der Waals surface area contributed by atoms with Crippen molar-refractivity contribution in [3.05, 3.63) is 99.4 Å². The van der Waals surface area contributed by atoms with Crippen molar-refractivity contribution in [1.82, 2.24) is 5.16 Å². The summed E-state index contributed by atoms with van der Waals surface area (Å²) in [4.78, 5) is 39.7. The van der Waals surface area contributed by atoms with E-state index in [1.54, 1.807) is 36.1 Å². The summed E-state index contributed by atoms with van der Waals surface area (Å²) in [5.41, 5.74) is -0.0676. The number of carbonyl (C=O) groups is 2. The highest BCUT2D eigenvalue weighted by atomic mass is 16.6. The number of esters is 1. The van der Waals surface area contributed by atoms with Crippen LogP contribution in [0.5, 0.6) is 0 Å². The van der Waals surface area contributed by atoms with Crippen LogP contribution in [0.15, 0.2) is 71.3 Å². The number of aryl methyl sites for hydroxylation is 1. The molecule has 2 heterocycles. The van der Waals surface area contributed by atoms with Crippen LogP contribution < -0.4 is 4.90 Å². The van der Waals surface area contributed by atoms with Gasteiger partial charge in [-0.2, -0.15) is 0 Å². The summed E-state index contributed by atoms with van der Waals surface area (Å²) in [6.45, 7) is 7.36. The number of nitrogens with zero attached hydrogens (tertiary/aromatic N) is 3. The predicted molar refractivity (Wildman–Crippen MR) is 123 cm³/mol. The van der Waals surface area contributed by atoms with Crippen molar-refractivity contribution in [1.29, 1.82) is 0 Å². The Kier molecular flexibility index (Phi) is 6.02. The third kappa shape index (κ3) is 3.64. The van der Waals surface area contributed by atoms with Crippen LogP contribution in [0.25, 0.3) is 0 Å². The normalized spacial score (nSPS) is 16.9. The number of hydrogen-bond acceptors (Lipinski definition) is 7. The molecule has 0 fully saturated rings. The lowest BCUT2D eigenvalue weighted by Gasteiger charge is -2.29. The number of carbonyl (C=O) groups excluding carboxylic acids is 2. The Labute approximate surface area is 195 Å². The lowest BCUT2D eigenvalue weighted by atomic mass is 9.72. The van der Waals surface area contributed by atoms with Gasteiger partial charge in [-0.05, 0) is 31.0 Å². The second-order valence-electron chi connectivity index (χ2n) is 7.97. The van der Waals surface area contributed by atoms with Crippen molar-refractivity contribution >= 4 is 23.3 Å². The number of nitro groups is 1. The molecular formula is C25H23N3O6. The molecule has 1 aromatic heterocycles. The summed E-state index contributed by atoms with van der Waals surface area (Å²) < 4.78 is 10.5. The minimum absolute atomic E-state index is 0.0803. The Balaban J connectivity index is 1.90. The van der Waals surface area contributed by atoms with Crippen LogP contribution in [-0.2, 0) is 32.7 Å². The molecule has 0 saturated heterocycles. The summed E-state index contributed by atoms with van der Waals surface area (Å²) >= 11 is 0. The van der Waals surface area contributed by atoms with E-state index in [-0.39, 0.29) is 42.3 Å². The third-order valence-corrected chi connectivity index (χ3v) is 5.99. The molecule has 1 aliphatic heterocycles. The summed E-state index contributed by atoms with van der Waals surface area (Å²) in [5.74, 6) is -1.32. The maximum Gasteiger partial charge on any atom is 0.334 e. The first kappa shape index (κ1) is 22.9. The number of anilines is 1. The minimum Gasteiger partial charge on any atom is -0.463 e. The molecule has 1 aliphatic rings. The molecule has 1 amide bonds. The Morgan fingerprint density at radius 1 is 1.21 bits per heavy atom. The number of hydrogen-bond donors (Lipinski definition) is 0. The molecule has 174 valence electrons. The van der Waals surface area contributed by atoms with E-state index < -0.39 is 22.2 Å². The fourth-order valence-electron chi connectivity index (χ4n) is 4.41. The number of fused-ring (bicyclic) bond motifs is 1. The van der Waals surface area contributed by atoms with Gasteiger partial charge in [-0.3, -0.25) is 14.9 Å². The van der Waals surface area contributed by atoms with Gasteiger partial charge in [-0.1, -0.05) is 60.3 Å². The molecule has 0 bridgehead atoms. The number of rotatable bonds is 8. The molecule has 9 heteroatoms. The SMILES string of the molecule is C=C(C(=O)OCC)C1(Cc2onc(C)c2[N+](=O)[O-])C(=O)N(Cc2ccccc2)c2ccccc21. The van der Waals surface area contributed by atoms with Crippen molar-refractivity contribution in [3.8, 4) is 0 Å². The topological polar surface area (TPSA) is 116 Å². The van der Waals surface area contributed by atoms with Crippen molar-refractivity contribution in [2.45, 2.75) is 32.2 Å². The Morgan fingerprint density at radius 2 is 1.88 bits per heavy atom. The number of aromatic nitrogens is 1. The van der Waals surface area contributed by atoms with Gasteiger partial charge in [0.1, 0.15) is 5.41 Å². The number of ether oxygens (including phenoxy) is 1. The third-order valence-electron chi connectivity index (χ3n) is 5.99. The number of amides is 1. The highest BCUT2D eigenvalue weighted by Crippen LogP contribution is 2.49. The summed E-state index contributed by atoms with van der Waals surface area (Å²) in [6, 6.07) is 16.4. The van der Waals surface area contributed by atoms with E-state index >= 15 is 0 Å². The molecule has 0 radical (unpaired) electrons. The van der Waals surface area contributed by atoms with E-state index in [9.17, 15) is 19.7 Å². The molecular weight excluding hydrogens is 438 g/mol. The fourth-order valence-corrected chi connectivity index (χ4v) is 4.41. The molecule has 9 nitrogen and oxygen atoms in total. The van der Waals surface area contributed by atoms with Gasteiger partial charge in [-0.15, -0.1) is 0 Å². The maximum atomic E-state index is 14.2. The summed E-state index contributed by atoms with van der Waals surface area (Å²) in [5, 5.41) is 15.4. The van der Waals surface area contributed by atoms with Gasteiger partial charge in [0, 0.05) is 12.1 Å². The second kappa shape index (κ2) is 8.93. The van der Waals surface area contributed by atoms with Crippen molar-refractivity contribution < 1.29 is 23.8 Å². The Hall–Kier alpha value is -4.27. The van der Waals surface area contributed by atoms with E-state index in [2.05, 4.69) is 11.7 Å². The molecule has 0 spiro atoms. The Bertz CT molecular complexity index is 1280. The zero-order valence-corrected chi connectivity index (χ0v) is 18.8. The molecule has 0 saturated carbocycles. The molecule has 1 atom stereocenters. The second-order valence-corrected chi connectivity index (χ2v) is 7.97. The zero-order valence-electron chi connectivity index (χ0n) is 18.8. The average Bonchev–Trinajstić information content (AvgIpc) is 3.31. The first-order chi connectivity index (χ1) is 16.3. The highest BCUT2D eigenvalue weighted by Gasteiger charge is 2.56.